The van der Waals surface area contributed by atoms with E-state index in [-0.39, 0.29) is 18.6 Å². The standard InChI is InChI=1S/C12H22N2O3/c1-9-12(16,5-7-17-9)8-14-11(15)4-6-13-10-2-3-10/h9-10,13,16H,2-8H2,1H3,(H,14,15). The Kier molecular flexibility index (Phi) is 4.01. The summed E-state index contributed by atoms with van der Waals surface area (Å²) >= 11 is 0. The normalized spacial score (nSPS) is 32.7. The molecule has 1 saturated carbocycles. The second-order valence-electron chi connectivity index (χ2n) is 5.12. The zero-order chi connectivity index (χ0) is 12.3. The molecule has 0 radical (unpaired) electrons. The molecule has 2 atom stereocenters. The van der Waals surface area contributed by atoms with Crippen molar-refractivity contribution in [2.45, 2.75) is 50.4 Å². The van der Waals surface area contributed by atoms with Crippen molar-refractivity contribution in [2.75, 3.05) is 19.7 Å². The summed E-state index contributed by atoms with van der Waals surface area (Å²) in [6.45, 7) is 3.42. The zero-order valence-electron chi connectivity index (χ0n) is 10.4. The minimum Gasteiger partial charge on any atom is -0.385 e. The lowest BCUT2D eigenvalue weighted by molar-refractivity contribution is -0.122. The summed E-state index contributed by atoms with van der Waals surface area (Å²) in [5.74, 6) is -0.00863. The molecule has 98 valence electrons. The van der Waals surface area contributed by atoms with Crippen molar-refractivity contribution in [2.24, 2.45) is 0 Å². The fourth-order valence-corrected chi connectivity index (χ4v) is 2.02. The molecule has 5 heteroatoms. The molecule has 2 fully saturated rings. The molecule has 17 heavy (non-hydrogen) atoms. The summed E-state index contributed by atoms with van der Waals surface area (Å²) in [6, 6.07) is 0.634. The number of amides is 1. The molecule has 0 aromatic heterocycles. The van der Waals surface area contributed by atoms with Gasteiger partial charge in [-0.25, -0.2) is 0 Å². The smallest absolute Gasteiger partial charge is 0.221 e. The van der Waals surface area contributed by atoms with Crippen LogP contribution in [0.2, 0.25) is 0 Å². The van der Waals surface area contributed by atoms with Crippen LogP contribution in [0.25, 0.3) is 0 Å². The highest BCUT2D eigenvalue weighted by Crippen LogP contribution is 2.24. The molecule has 3 N–H and O–H groups in total. The number of carbonyl (C=O) groups excluding carboxylic acids is 1. The van der Waals surface area contributed by atoms with E-state index in [0.29, 0.717) is 25.5 Å². The first-order valence-corrected chi connectivity index (χ1v) is 6.44. The zero-order valence-corrected chi connectivity index (χ0v) is 10.4. The predicted molar refractivity (Wildman–Crippen MR) is 63.6 cm³/mol. The van der Waals surface area contributed by atoms with Crippen LogP contribution in [0.4, 0.5) is 0 Å². The molecule has 1 aliphatic carbocycles. The highest BCUT2D eigenvalue weighted by Gasteiger charge is 2.39. The molecule has 2 aliphatic rings. The van der Waals surface area contributed by atoms with Crippen LogP contribution in [0.3, 0.4) is 0 Å². The Hall–Kier alpha value is -0.650. The van der Waals surface area contributed by atoms with Crippen LogP contribution in [0, 0.1) is 0 Å². The third kappa shape index (κ3) is 3.66. The minimum absolute atomic E-state index is 0.00863. The van der Waals surface area contributed by atoms with Gasteiger partial charge < -0.3 is 20.5 Å². The third-order valence-electron chi connectivity index (χ3n) is 3.61. The molecule has 2 rings (SSSR count). The summed E-state index contributed by atoms with van der Waals surface area (Å²) < 4.78 is 5.31. The molecule has 0 spiro atoms. The third-order valence-corrected chi connectivity index (χ3v) is 3.61. The van der Waals surface area contributed by atoms with Crippen molar-refractivity contribution in [1.82, 2.24) is 10.6 Å². The van der Waals surface area contributed by atoms with Crippen LogP contribution >= 0.6 is 0 Å². The number of hydrogen-bond acceptors (Lipinski definition) is 4. The summed E-state index contributed by atoms with van der Waals surface area (Å²) in [7, 11) is 0. The summed E-state index contributed by atoms with van der Waals surface area (Å²) in [6.07, 6.45) is 3.33. The van der Waals surface area contributed by atoms with Gasteiger partial charge >= 0.3 is 0 Å². The van der Waals surface area contributed by atoms with Gasteiger partial charge in [-0.3, -0.25) is 4.79 Å². The van der Waals surface area contributed by atoms with E-state index < -0.39 is 5.60 Å². The molecule has 0 aromatic rings. The van der Waals surface area contributed by atoms with Crippen LogP contribution < -0.4 is 10.6 Å². The maximum atomic E-state index is 11.5. The largest absolute Gasteiger partial charge is 0.385 e. The number of aliphatic hydroxyl groups is 1. The maximum Gasteiger partial charge on any atom is 0.221 e. The molecule has 0 bridgehead atoms. The molecule has 1 aliphatic heterocycles. The average Bonchev–Trinajstić information content (AvgIpc) is 3.05. The van der Waals surface area contributed by atoms with Gasteiger partial charge in [-0.2, -0.15) is 0 Å². The van der Waals surface area contributed by atoms with Crippen LogP contribution in [0.1, 0.15) is 32.6 Å². The van der Waals surface area contributed by atoms with Crippen molar-refractivity contribution in [1.29, 1.82) is 0 Å². The Morgan fingerprint density at radius 3 is 2.88 bits per heavy atom. The van der Waals surface area contributed by atoms with Crippen LogP contribution in [-0.2, 0) is 9.53 Å². The fraction of sp³-hybridized carbons (Fsp3) is 0.917. The van der Waals surface area contributed by atoms with Crippen LogP contribution in [-0.4, -0.2) is 48.5 Å². The van der Waals surface area contributed by atoms with Gasteiger partial charge in [0.05, 0.1) is 6.10 Å². The van der Waals surface area contributed by atoms with E-state index in [9.17, 15) is 9.90 Å². The quantitative estimate of drug-likeness (QED) is 0.602. The van der Waals surface area contributed by atoms with Gasteiger partial charge in [0, 0.05) is 38.6 Å². The van der Waals surface area contributed by atoms with Crippen LogP contribution in [0.5, 0.6) is 0 Å². The Balaban J connectivity index is 1.61. The number of carbonyl (C=O) groups is 1. The molecule has 1 saturated heterocycles. The van der Waals surface area contributed by atoms with Gasteiger partial charge in [0.25, 0.3) is 0 Å². The molecule has 0 aromatic carbocycles. The number of nitrogens with one attached hydrogen (secondary N) is 2. The maximum absolute atomic E-state index is 11.5. The van der Waals surface area contributed by atoms with Crippen molar-refractivity contribution < 1.29 is 14.6 Å². The van der Waals surface area contributed by atoms with Gasteiger partial charge in [0.1, 0.15) is 5.60 Å². The van der Waals surface area contributed by atoms with Crippen LogP contribution in [0.15, 0.2) is 0 Å². The lowest BCUT2D eigenvalue weighted by Gasteiger charge is -2.26. The first-order valence-electron chi connectivity index (χ1n) is 6.44. The monoisotopic (exact) mass is 242 g/mol. The molecule has 2 unspecified atom stereocenters. The van der Waals surface area contributed by atoms with Gasteiger partial charge in [-0.15, -0.1) is 0 Å². The lowest BCUT2D eigenvalue weighted by Crippen LogP contribution is -2.47. The SMILES string of the molecule is CC1OCCC1(O)CNC(=O)CCNC1CC1. The van der Waals surface area contributed by atoms with Gasteiger partial charge in [0.2, 0.25) is 5.91 Å². The Bertz CT molecular complexity index is 281. The Morgan fingerprint density at radius 1 is 1.53 bits per heavy atom. The molecule has 1 heterocycles. The number of rotatable bonds is 6. The van der Waals surface area contributed by atoms with E-state index in [1.165, 1.54) is 12.8 Å². The minimum atomic E-state index is -0.889. The summed E-state index contributed by atoms with van der Waals surface area (Å²) in [4.78, 5) is 11.5. The highest BCUT2D eigenvalue weighted by atomic mass is 16.5. The Labute approximate surface area is 102 Å². The van der Waals surface area contributed by atoms with Crippen molar-refractivity contribution in [3.8, 4) is 0 Å². The van der Waals surface area contributed by atoms with E-state index in [4.69, 9.17) is 4.74 Å². The summed E-state index contributed by atoms with van der Waals surface area (Å²) in [5.41, 5.74) is -0.889. The van der Waals surface area contributed by atoms with Gasteiger partial charge in [-0.05, 0) is 19.8 Å². The van der Waals surface area contributed by atoms with E-state index in [0.717, 1.165) is 6.54 Å². The van der Waals surface area contributed by atoms with E-state index >= 15 is 0 Å². The number of hydrogen-bond donors (Lipinski definition) is 3. The second kappa shape index (κ2) is 5.33. The Morgan fingerprint density at radius 2 is 2.29 bits per heavy atom. The van der Waals surface area contributed by atoms with Crippen molar-refractivity contribution in [3.63, 3.8) is 0 Å². The van der Waals surface area contributed by atoms with E-state index in [1.54, 1.807) is 0 Å². The predicted octanol–water partition coefficient (Wildman–Crippen LogP) is -0.215. The van der Waals surface area contributed by atoms with Gasteiger partial charge in [0.15, 0.2) is 0 Å². The first-order chi connectivity index (χ1) is 8.10. The molecular weight excluding hydrogens is 220 g/mol. The second-order valence-corrected chi connectivity index (χ2v) is 5.12. The number of ether oxygens (including phenoxy) is 1. The van der Waals surface area contributed by atoms with E-state index in [1.807, 2.05) is 6.92 Å². The molecular formula is C12H22N2O3. The molecule has 5 nitrogen and oxygen atoms in total. The topological polar surface area (TPSA) is 70.6 Å². The summed E-state index contributed by atoms with van der Waals surface area (Å²) in [5, 5.41) is 16.2. The van der Waals surface area contributed by atoms with Gasteiger partial charge in [-0.1, -0.05) is 0 Å². The lowest BCUT2D eigenvalue weighted by atomic mass is 9.97. The van der Waals surface area contributed by atoms with Crippen molar-refractivity contribution in [3.05, 3.63) is 0 Å². The average molecular weight is 242 g/mol. The highest BCUT2D eigenvalue weighted by molar-refractivity contribution is 5.76. The van der Waals surface area contributed by atoms with Crippen molar-refractivity contribution >= 4 is 5.91 Å². The first kappa shape index (κ1) is 12.8. The fourth-order valence-electron chi connectivity index (χ4n) is 2.02. The van der Waals surface area contributed by atoms with E-state index in [2.05, 4.69) is 10.6 Å². The molecule has 1 amide bonds.